The van der Waals surface area contributed by atoms with Crippen molar-refractivity contribution in [2.24, 2.45) is 0 Å². The van der Waals surface area contributed by atoms with E-state index in [1.807, 2.05) is 6.07 Å². The highest BCUT2D eigenvalue weighted by molar-refractivity contribution is 7.89. The number of carbonyl (C=O) groups is 1. The summed E-state index contributed by atoms with van der Waals surface area (Å²) >= 11 is 0. The van der Waals surface area contributed by atoms with Crippen LogP contribution in [0.5, 0.6) is 5.75 Å². The maximum absolute atomic E-state index is 12.5. The molecular formula is C19H23N3O5S. The number of methoxy groups -OCH3 is 2. The molecule has 1 fully saturated rings. The van der Waals surface area contributed by atoms with Gasteiger partial charge < -0.3 is 14.8 Å². The van der Waals surface area contributed by atoms with Gasteiger partial charge in [0.05, 0.1) is 14.2 Å². The molecule has 0 aliphatic carbocycles. The number of aromatic nitrogens is 1. The molecule has 1 N–H and O–H groups in total. The Morgan fingerprint density at radius 2 is 1.93 bits per heavy atom. The summed E-state index contributed by atoms with van der Waals surface area (Å²) in [5, 5.41) is 3.12. The van der Waals surface area contributed by atoms with Crippen LogP contribution < -0.4 is 10.1 Å². The van der Waals surface area contributed by atoms with Crippen molar-refractivity contribution >= 4 is 21.8 Å². The van der Waals surface area contributed by atoms with Crippen LogP contribution in [-0.2, 0) is 21.3 Å². The maximum atomic E-state index is 12.5. The number of anilines is 1. The van der Waals surface area contributed by atoms with Gasteiger partial charge >= 0.3 is 5.97 Å². The summed E-state index contributed by atoms with van der Waals surface area (Å²) in [6, 6.07) is 8.39. The van der Waals surface area contributed by atoms with Crippen LogP contribution in [0.25, 0.3) is 0 Å². The monoisotopic (exact) mass is 405 g/mol. The topological polar surface area (TPSA) is 97.8 Å². The predicted octanol–water partition coefficient (Wildman–Crippen LogP) is 2.27. The van der Waals surface area contributed by atoms with Gasteiger partial charge in [-0.15, -0.1) is 0 Å². The second kappa shape index (κ2) is 8.57. The number of sulfonamides is 1. The van der Waals surface area contributed by atoms with Crippen molar-refractivity contribution in [3.63, 3.8) is 0 Å². The number of pyridine rings is 1. The predicted molar refractivity (Wildman–Crippen MR) is 104 cm³/mol. The average Bonchev–Trinajstić information content (AvgIpc) is 3.27. The van der Waals surface area contributed by atoms with Crippen molar-refractivity contribution in [2.45, 2.75) is 24.3 Å². The number of ether oxygens (including phenoxy) is 2. The van der Waals surface area contributed by atoms with Crippen LogP contribution in [0.4, 0.5) is 5.82 Å². The zero-order valence-corrected chi connectivity index (χ0v) is 16.7. The van der Waals surface area contributed by atoms with E-state index in [-0.39, 0.29) is 4.90 Å². The van der Waals surface area contributed by atoms with E-state index in [0.29, 0.717) is 36.8 Å². The minimum Gasteiger partial charge on any atom is -0.496 e. The van der Waals surface area contributed by atoms with Gasteiger partial charge in [0.25, 0.3) is 0 Å². The highest BCUT2D eigenvalue weighted by atomic mass is 32.2. The molecule has 0 bridgehead atoms. The van der Waals surface area contributed by atoms with Crippen molar-refractivity contribution < 1.29 is 22.7 Å². The Balaban J connectivity index is 1.69. The van der Waals surface area contributed by atoms with E-state index in [9.17, 15) is 13.2 Å². The third-order valence-electron chi connectivity index (χ3n) is 4.58. The lowest BCUT2D eigenvalue weighted by atomic mass is 10.1. The Hall–Kier alpha value is -2.65. The van der Waals surface area contributed by atoms with Gasteiger partial charge in [-0.3, -0.25) is 0 Å². The maximum Gasteiger partial charge on any atom is 0.341 e. The van der Waals surface area contributed by atoms with E-state index in [1.54, 1.807) is 24.3 Å². The molecule has 2 heterocycles. The third kappa shape index (κ3) is 4.26. The van der Waals surface area contributed by atoms with Gasteiger partial charge in [0, 0.05) is 25.8 Å². The summed E-state index contributed by atoms with van der Waals surface area (Å²) in [6.45, 7) is 1.52. The van der Waals surface area contributed by atoms with Gasteiger partial charge in [-0.2, -0.15) is 4.31 Å². The van der Waals surface area contributed by atoms with Crippen LogP contribution in [0.1, 0.15) is 28.8 Å². The van der Waals surface area contributed by atoms with Crippen LogP contribution in [0, 0.1) is 0 Å². The zero-order chi connectivity index (χ0) is 20.1. The van der Waals surface area contributed by atoms with Gasteiger partial charge in [0.2, 0.25) is 10.0 Å². The molecule has 0 atom stereocenters. The summed E-state index contributed by atoms with van der Waals surface area (Å²) in [6.07, 6.45) is 3.15. The average molecular weight is 405 g/mol. The molecule has 0 amide bonds. The van der Waals surface area contributed by atoms with Crippen LogP contribution in [0.2, 0.25) is 0 Å². The number of benzene rings is 1. The first kappa shape index (κ1) is 20.1. The lowest BCUT2D eigenvalue weighted by Crippen LogP contribution is -2.27. The van der Waals surface area contributed by atoms with Crippen molar-refractivity contribution in [3.8, 4) is 5.75 Å². The molecule has 28 heavy (non-hydrogen) atoms. The number of esters is 1. The standard InChI is InChI=1S/C19H23N3O5S/c1-26-17-7-5-14(11-16(17)19(23)27-2)12-20-18-8-6-15(13-21-18)28(24,25)22-9-3-4-10-22/h5-8,11,13H,3-4,9-10,12H2,1-2H3,(H,20,21). The summed E-state index contributed by atoms with van der Waals surface area (Å²) in [4.78, 5) is 16.3. The molecule has 150 valence electrons. The molecule has 8 nitrogen and oxygen atoms in total. The number of hydrogen-bond acceptors (Lipinski definition) is 7. The summed E-state index contributed by atoms with van der Waals surface area (Å²) in [5.74, 6) is 0.495. The molecular weight excluding hydrogens is 382 g/mol. The lowest BCUT2D eigenvalue weighted by molar-refractivity contribution is 0.0597. The molecule has 0 spiro atoms. The zero-order valence-electron chi connectivity index (χ0n) is 15.8. The Bertz CT molecular complexity index is 939. The van der Waals surface area contributed by atoms with Gasteiger partial charge in [0.15, 0.2) is 0 Å². The van der Waals surface area contributed by atoms with Crippen LogP contribution >= 0.6 is 0 Å². The fourth-order valence-corrected chi connectivity index (χ4v) is 4.51. The van der Waals surface area contributed by atoms with E-state index < -0.39 is 16.0 Å². The summed E-state index contributed by atoms with van der Waals surface area (Å²) < 4.78 is 36.5. The molecule has 9 heteroatoms. The Kier molecular flexibility index (Phi) is 6.15. The van der Waals surface area contributed by atoms with Gasteiger partial charge in [-0.05, 0) is 42.7 Å². The fraction of sp³-hybridized carbons (Fsp3) is 0.368. The number of nitrogens with zero attached hydrogens (tertiary/aromatic N) is 2. The van der Waals surface area contributed by atoms with Crippen molar-refractivity contribution in [1.82, 2.24) is 9.29 Å². The minimum atomic E-state index is -3.47. The number of hydrogen-bond donors (Lipinski definition) is 1. The highest BCUT2D eigenvalue weighted by Gasteiger charge is 2.27. The fourth-order valence-electron chi connectivity index (χ4n) is 3.04. The molecule has 3 rings (SSSR count). The first-order chi connectivity index (χ1) is 13.5. The van der Waals surface area contributed by atoms with Gasteiger partial charge in [-0.25, -0.2) is 18.2 Å². The molecule has 1 aliphatic rings. The van der Waals surface area contributed by atoms with Gasteiger partial charge in [0.1, 0.15) is 22.0 Å². The lowest BCUT2D eigenvalue weighted by Gasteiger charge is -2.15. The number of nitrogens with one attached hydrogen (secondary N) is 1. The summed E-state index contributed by atoms with van der Waals surface area (Å²) in [5.41, 5.74) is 1.17. The van der Waals surface area contributed by atoms with Crippen LogP contribution in [-0.4, -0.2) is 51.0 Å². The molecule has 0 unspecified atom stereocenters. The smallest absolute Gasteiger partial charge is 0.341 e. The van der Waals surface area contributed by atoms with Crippen molar-refractivity contribution in [1.29, 1.82) is 0 Å². The first-order valence-electron chi connectivity index (χ1n) is 8.91. The molecule has 2 aromatic rings. The first-order valence-corrected chi connectivity index (χ1v) is 10.3. The second-order valence-corrected chi connectivity index (χ2v) is 8.31. The van der Waals surface area contributed by atoms with Crippen LogP contribution in [0.3, 0.4) is 0 Å². The molecule has 0 radical (unpaired) electrons. The Morgan fingerprint density at radius 3 is 2.54 bits per heavy atom. The number of carbonyl (C=O) groups excluding carboxylic acids is 1. The normalized spacial score (nSPS) is 14.6. The minimum absolute atomic E-state index is 0.192. The highest BCUT2D eigenvalue weighted by Crippen LogP contribution is 2.23. The van der Waals surface area contributed by atoms with E-state index in [0.717, 1.165) is 18.4 Å². The third-order valence-corrected chi connectivity index (χ3v) is 6.46. The summed E-state index contributed by atoms with van der Waals surface area (Å²) in [7, 11) is -0.669. The van der Waals surface area contributed by atoms with E-state index in [2.05, 4.69) is 10.3 Å². The van der Waals surface area contributed by atoms with Crippen molar-refractivity contribution in [2.75, 3.05) is 32.6 Å². The molecule has 1 saturated heterocycles. The molecule has 1 aromatic heterocycles. The quantitative estimate of drug-likeness (QED) is 0.706. The second-order valence-electron chi connectivity index (χ2n) is 6.37. The van der Waals surface area contributed by atoms with Crippen molar-refractivity contribution in [3.05, 3.63) is 47.7 Å². The van der Waals surface area contributed by atoms with Crippen LogP contribution in [0.15, 0.2) is 41.4 Å². The molecule has 0 saturated carbocycles. The SMILES string of the molecule is COC(=O)c1cc(CNc2ccc(S(=O)(=O)N3CCCC3)cn2)ccc1OC. The largest absolute Gasteiger partial charge is 0.496 e. The van der Waals surface area contributed by atoms with Gasteiger partial charge in [-0.1, -0.05) is 6.07 Å². The molecule has 1 aromatic carbocycles. The van der Waals surface area contributed by atoms with E-state index >= 15 is 0 Å². The van der Waals surface area contributed by atoms with E-state index in [4.69, 9.17) is 9.47 Å². The molecule has 1 aliphatic heterocycles. The Labute approximate surface area is 164 Å². The number of rotatable bonds is 7. The van der Waals surface area contributed by atoms with E-state index in [1.165, 1.54) is 24.7 Å². The Morgan fingerprint density at radius 1 is 1.18 bits per heavy atom.